The summed E-state index contributed by atoms with van der Waals surface area (Å²) >= 11 is 5.98. The van der Waals surface area contributed by atoms with Crippen molar-refractivity contribution in [2.45, 2.75) is 31.7 Å². The molecule has 0 aromatic carbocycles. The predicted octanol–water partition coefficient (Wildman–Crippen LogP) is 3.43. The van der Waals surface area contributed by atoms with E-state index in [1.54, 1.807) is 0 Å². The first-order chi connectivity index (χ1) is 9.88. The van der Waals surface area contributed by atoms with Crippen molar-refractivity contribution in [3.63, 3.8) is 0 Å². The predicted molar refractivity (Wildman–Crippen MR) is 78.8 cm³/mol. The van der Waals surface area contributed by atoms with Crippen LogP contribution in [-0.4, -0.2) is 20.4 Å². The summed E-state index contributed by atoms with van der Waals surface area (Å²) in [5.41, 5.74) is 2.30. The number of imidazole rings is 1. The summed E-state index contributed by atoms with van der Waals surface area (Å²) in [5, 5.41) is 0. The Balaban J connectivity index is 1.63. The van der Waals surface area contributed by atoms with Crippen LogP contribution in [0.4, 0.5) is 0 Å². The molecule has 2 aromatic heterocycles. The minimum absolute atomic E-state index is 0.645. The summed E-state index contributed by atoms with van der Waals surface area (Å²) in [6.07, 6.45) is 9.04. The lowest BCUT2D eigenvalue weighted by atomic mass is 10.0. The lowest BCUT2D eigenvalue weighted by molar-refractivity contribution is 0.452. The van der Waals surface area contributed by atoms with Gasteiger partial charge in [-0.3, -0.25) is 4.98 Å². The maximum atomic E-state index is 5.98. The molecule has 0 radical (unpaired) electrons. The van der Waals surface area contributed by atoms with Crippen molar-refractivity contribution >= 4 is 22.6 Å². The Morgan fingerprint density at radius 1 is 1.25 bits per heavy atom. The van der Waals surface area contributed by atoms with E-state index in [1.807, 2.05) is 12.4 Å². The van der Waals surface area contributed by atoms with Crippen LogP contribution in [0.15, 0.2) is 18.5 Å². The van der Waals surface area contributed by atoms with Gasteiger partial charge in [-0.15, -0.1) is 11.6 Å². The van der Waals surface area contributed by atoms with Gasteiger partial charge >= 0.3 is 0 Å². The molecular formula is C16H18ClN3. The first-order valence-corrected chi connectivity index (χ1v) is 8.28. The van der Waals surface area contributed by atoms with Gasteiger partial charge in [0.15, 0.2) is 0 Å². The molecule has 3 saturated carbocycles. The van der Waals surface area contributed by atoms with Crippen molar-refractivity contribution in [3.8, 4) is 0 Å². The van der Waals surface area contributed by atoms with Crippen molar-refractivity contribution in [1.29, 1.82) is 0 Å². The fraction of sp³-hybridized carbons (Fsp3) is 0.625. The van der Waals surface area contributed by atoms with Crippen molar-refractivity contribution in [2.24, 2.45) is 23.7 Å². The maximum Gasteiger partial charge on any atom is 0.111 e. The largest absolute Gasteiger partial charge is 0.324 e. The quantitative estimate of drug-likeness (QED) is 0.810. The topological polar surface area (TPSA) is 30.7 Å². The molecule has 20 heavy (non-hydrogen) atoms. The van der Waals surface area contributed by atoms with Crippen molar-refractivity contribution < 1.29 is 0 Å². The van der Waals surface area contributed by atoms with Crippen LogP contribution in [0.1, 0.15) is 31.1 Å². The van der Waals surface area contributed by atoms with E-state index in [2.05, 4.69) is 15.6 Å². The average Bonchev–Trinajstić information content (AvgIpc) is 2.81. The van der Waals surface area contributed by atoms with E-state index in [1.165, 1.54) is 30.6 Å². The number of pyridine rings is 1. The molecular weight excluding hydrogens is 270 g/mol. The van der Waals surface area contributed by atoms with Gasteiger partial charge in [0.1, 0.15) is 11.3 Å². The Labute approximate surface area is 123 Å². The zero-order valence-corrected chi connectivity index (χ0v) is 12.1. The molecule has 0 amide bonds. The third kappa shape index (κ3) is 1.37. The summed E-state index contributed by atoms with van der Waals surface area (Å²) in [6.45, 7) is 0. The van der Waals surface area contributed by atoms with Gasteiger partial charge in [0.25, 0.3) is 0 Å². The van der Waals surface area contributed by atoms with Crippen LogP contribution in [0.3, 0.4) is 0 Å². The molecule has 4 atom stereocenters. The van der Waals surface area contributed by atoms with Gasteiger partial charge in [0, 0.05) is 24.5 Å². The van der Waals surface area contributed by atoms with Gasteiger partial charge in [-0.25, -0.2) is 4.98 Å². The summed E-state index contributed by atoms with van der Waals surface area (Å²) in [6, 6.07) is 2.82. The maximum absolute atomic E-state index is 5.98. The number of aromatic nitrogens is 3. The van der Waals surface area contributed by atoms with E-state index < -0.39 is 0 Å². The minimum Gasteiger partial charge on any atom is -0.324 e. The first-order valence-electron chi connectivity index (χ1n) is 7.75. The van der Waals surface area contributed by atoms with Gasteiger partial charge in [-0.2, -0.15) is 0 Å². The number of nitrogens with zero attached hydrogens (tertiary/aromatic N) is 3. The summed E-state index contributed by atoms with van der Waals surface area (Å²) in [7, 11) is 0. The van der Waals surface area contributed by atoms with Crippen molar-refractivity contribution in [2.75, 3.05) is 5.88 Å². The molecule has 3 aliphatic carbocycles. The van der Waals surface area contributed by atoms with Gasteiger partial charge < -0.3 is 4.57 Å². The zero-order valence-electron chi connectivity index (χ0n) is 11.4. The number of aryl methyl sites for hydroxylation is 1. The Morgan fingerprint density at radius 3 is 2.80 bits per heavy atom. The van der Waals surface area contributed by atoms with E-state index in [9.17, 15) is 0 Å². The van der Waals surface area contributed by atoms with Crippen molar-refractivity contribution in [1.82, 2.24) is 14.5 Å². The van der Waals surface area contributed by atoms with Crippen LogP contribution in [0, 0.1) is 23.7 Å². The molecule has 4 heteroatoms. The molecule has 0 saturated heterocycles. The highest BCUT2D eigenvalue weighted by Gasteiger charge is 2.66. The van der Waals surface area contributed by atoms with Crippen LogP contribution in [0.5, 0.6) is 0 Å². The lowest BCUT2D eigenvalue weighted by Crippen LogP contribution is -2.09. The van der Waals surface area contributed by atoms with E-state index in [4.69, 9.17) is 16.6 Å². The monoisotopic (exact) mass is 287 g/mol. The molecule has 3 fully saturated rings. The molecule has 3 nitrogen and oxygen atoms in total. The summed E-state index contributed by atoms with van der Waals surface area (Å²) < 4.78 is 2.51. The van der Waals surface area contributed by atoms with Gasteiger partial charge in [-0.05, 0) is 49.0 Å². The van der Waals surface area contributed by atoms with E-state index in [0.29, 0.717) is 11.9 Å². The SMILES string of the molecule is ClCCc1nc2cnccc2n1C1C2C3CCC(C3)C21. The number of halogens is 1. The average molecular weight is 288 g/mol. The standard InChI is InChI=1S/C16H18ClN3/c17-5-3-13-19-11-8-18-6-4-12(11)20(13)16-14-9-1-2-10(7-9)15(14)16/h4,6,8-10,14-16H,1-3,5,7H2. The fourth-order valence-electron chi connectivity index (χ4n) is 5.22. The highest BCUT2D eigenvalue weighted by Crippen LogP contribution is 2.71. The molecule has 104 valence electrons. The van der Waals surface area contributed by atoms with Gasteiger partial charge in [0.05, 0.1) is 11.7 Å². The molecule has 0 aliphatic heterocycles. The van der Waals surface area contributed by atoms with Crippen LogP contribution in [-0.2, 0) is 6.42 Å². The minimum atomic E-state index is 0.645. The number of hydrogen-bond acceptors (Lipinski definition) is 2. The van der Waals surface area contributed by atoms with Gasteiger partial charge in [-0.1, -0.05) is 0 Å². The lowest BCUT2D eigenvalue weighted by Gasteiger charge is -2.13. The molecule has 2 bridgehead atoms. The van der Waals surface area contributed by atoms with E-state index >= 15 is 0 Å². The highest BCUT2D eigenvalue weighted by molar-refractivity contribution is 6.17. The Hall–Kier alpha value is -1.09. The Morgan fingerprint density at radius 2 is 2.05 bits per heavy atom. The number of fused-ring (bicyclic) bond motifs is 6. The normalized spacial score (nSPS) is 37.5. The molecule has 2 heterocycles. The summed E-state index contributed by atoms with van der Waals surface area (Å²) in [5.74, 6) is 5.63. The van der Waals surface area contributed by atoms with Crippen LogP contribution >= 0.6 is 11.6 Å². The number of hydrogen-bond donors (Lipinski definition) is 0. The third-order valence-corrected chi connectivity index (χ3v) is 6.06. The number of rotatable bonds is 3. The van der Waals surface area contributed by atoms with Crippen LogP contribution in [0.25, 0.3) is 11.0 Å². The third-order valence-electron chi connectivity index (χ3n) is 5.88. The molecule has 5 rings (SSSR count). The van der Waals surface area contributed by atoms with E-state index in [0.717, 1.165) is 35.6 Å². The first kappa shape index (κ1) is 11.6. The second kappa shape index (κ2) is 3.97. The van der Waals surface area contributed by atoms with Crippen LogP contribution in [0.2, 0.25) is 0 Å². The zero-order chi connectivity index (χ0) is 13.3. The highest BCUT2D eigenvalue weighted by atomic mass is 35.5. The van der Waals surface area contributed by atoms with E-state index in [-0.39, 0.29) is 0 Å². The second-order valence-electron chi connectivity index (χ2n) is 6.68. The van der Waals surface area contributed by atoms with Gasteiger partial charge in [0.2, 0.25) is 0 Å². The molecule has 4 unspecified atom stereocenters. The second-order valence-corrected chi connectivity index (χ2v) is 7.06. The molecule has 3 aliphatic rings. The van der Waals surface area contributed by atoms with Crippen LogP contribution < -0.4 is 0 Å². The molecule has 2 aromatic rings. The number of alkyl halides is 1. The molecule has 0 N–H and O–H groups in total. The Bertz CT molecular complexity index is 663. The smallest absolute Gasteiger partial charge is 0.111 e. The van der Waals surface area contributed by atoms with Crippen molar-refractivity contribution in [3.05, 3.63) is 24.3 Å². The summed E-state index contributed by atoms with van der Waals surface area (Å²) in [4.78, 5) is 8.99. The fourth-order valence-corrected chi connectivity index (χ4v) is 5.39. The molecule has 0 spiro atoms. The Kier molecular flexibility index (Phi) is 2.29.